The standard InChI is InChI=1S/C16H11N3O/c1-2-7-16-15(6-1)17-11-19(16)13-5-3-4-12(10-13)14-8-9-20-18-14/h1-11H. The summed E-state index contributed by atoms with van der Waals surface area (Å²) >= 11 is 0. The molecular formula is C16H11N3O. The van der Waals surface area contributed by atoms with Crippen LogP contribution in [0.4, 0.5) is 0 Å². The van der Waals surface area contributed by atoms with E-state index in [1.165, 1.54) is 0 Å². The monoisotopic (exact) mass is 261 g/mol. The highest BCUT2D eigenvalue weighted by molar-refractivity contribution is 5.77. The summed E-state index contributed by atoms with van der Waals surface area (Å²) in [5, 5.41) is 3.97. The highest BCUT2D eigenvalue weighted by Gasteiger charge is 2.06. The first-order chi connectivity index (χ1) is 9.92. The van der Waals surface area contributed by atoms with Crippen LogP contribution in [0.25, 0.3) is 28.0 Å². The van der Waals surface area contributed by atoms with Crippen LogP contribution in [0.2, 0.25) is 0 Å². The summed E-state index contributed by atoms with van der Waals surface area (Å²) in [6.45, 7) is 0. The van der Waals surface area contributed by atoms with Crippen molar-refractivity contribution in [2.75, 3.05) is 0 Å². The number of rotatable bonds is 2. The largest absolute Gasteiger partial charge is 0.364 e. The maximum Gasteiger partial charge on any atom is 0.124 e. The van der Waals surface area contributed by atoms with Crippen molar-refractivity contribution < 1.29 is 4.52 Å². The van der Waals surface area contributed by atoms with Crippen LogP contribution in [0, 0.1) is 0 Å². The van der Waals surface area contributed by atoms with Gasteiger partial charge in [-0.3, -0.25) is 4.57 Å². The van der Waals surface area contributed by atoms with Gasteiger partial charge in [0.15, 0.2) is 0 Å². The maximum absolute atomic E-state index is 4.90. The van der Waals surface area contributed by atoms with Crippen LogP contribution in [-0.2, 0) is 0 Å². The second kappa shape index (κ2) is 4.35. The molecule has 4 heteroatoms. The molecular weight excluding hydrogens is 250 g/mol. The van der Waals surface area contributed by atoms with Gasteiger partial charge in [0, 0.05) is 17.3 Å². The first kappa shape index (κ1) is 11.0. The Morgan fingerprint density at radius 3 is 2.80 bits per heavy atom. The molecule has 4 nitrogen and oxygen atoms in total. The summed E-state index contributed by atoms with van der Waals surface area (Å²) in [6.07, 6.45) is 3.42. The van der Waals surface area contributed by atoms with Gasteiger partial charge in [-0.1, -0.05) is 29.4 Å². The Bertz CT molecular complexity index is 862. The van der Waals surface area contributed by atoms with E-state index in [1.807, 2.05) is 42.7 Å². The third-order valence-electron chi connectivity index (χ3n) is 3.31. The molecule has 2 aromatic carbocycles. The normalized spacial score (nSPS) is 11.0. The highest BCUT2D eigenvalue weighted by Crippen LogP contribution is 2.23. The molecule has 0 aliphatic carbocycles. The molecule has 0 radical (unpaired) electrons. The summed E-state index contributed by atoms with van der Waals surface area (Å²) in [6, 6.07) is 18.1. The first-order valence-corrected chi connectivity index (χ1v) is 6.35. The molecule has 96 valence electrons. The van der Waals surface area contributed by atoms with Gasteiger partial charge in [0.05, 0.1) is 11.0 Å². The predicted octanol–water partition coefficient (Wildman–Crippen LogP) is 3.68. The van der Waals surface area contributed by atoms with E-state index in [0.29, 0.717) is 0 Å². The van der Waals surface area contributed by atoms with Gasteiger partial charge in [0.1, 0.15) is 18.3 Å². The summed E-state index contributed by atoms with van der Waals surface area (Å²) in [7, 11) is 0. The SMILES string of the molecule is c1cc(-c2ccon2)cc(-n2cnc3ccccc32)c1. The smallest absolute Gasteiger partial charge is 0.124 e. The Labute approximate surface area is 115 Å². The van der Waals surface area contributed by atoms with Gasteiger partial charge in [0.2, 0.25) is 0 Å². The van der Waals surface area contributed by atoms with Gasteiger partial charge >= 0.3 is 0 Å². The second-order valence-corrected chi connectivity index (χ2v) is 4.54. The minimum absolute atomic E-state index is 0.830. The van der Waals surface area contributed by atoms with Crippen molar-refractivity contribution in [1.82, 2.24) is 14.7 Å². The lowest BCUT2D eigenvalue weighted by Gasteiger charge is -2.05. The molecule has 0 saturated carbocycles. The average molecular weight is 261 g/mol. The highest BCUT2D eigenvalue weighted by atomic mass is 16.5. The Morgan fingerprint density at radius 2 is 1.90 bits per heavy atom. The zero-order valence-corrected chi connectivity index (χ0v) is 10.6. The van der Waals surface area contributed by atoms with E-state index < -0.39 is 0 Å². The van der Waals surface area contributed by atoms with Gasteiger partial charge < -0.3 is 4.52 Å². The van der Waals surface area contributed by atoms with E-state index in [-0.39, 0.29) is 0 Å². The molecule has 0 saturated heterocycles. The topological polar surface area (TPSA) is 43.9 Å². The lowest BCUT2D eigenvalue weighted by molar-refractivity contribution is 0.422. The number of fused-ring (bicyclic) bond motifs is 1. The van der Waals surface area contributed by atoms with Crippen LogP contribution >= 0.6 is 0 Å². The van der Waals surface area contributed by atoms with Crippen LogP contribution in [0.15, 0.2) is 71.7 Å². The average Bonchev–Trinajstić information content (AvgIpc) is 3.17. The summed E-state index contributed by atoms with van der Waals surface area (Å²) in [4.78, 5) is 4.42. The fourth-order valence-electron chi connectivity index (χ4n) is 2.34. The molecule has 0 N–H and O–H groups in total. The summed E-state index contributed by atoms with van der Waals surface area (Å²) < 4.78 is 6.97. The van der Waals surface area contributed by atoms with Crippen molar-refractivity contribution in [2.45, 2.75) is 0 Å². The Morgan fingerprint density at radius 1 is 0.950 bits per heavy atom. The summed E-state index contributed by atoms with van der Waals surface area (Å²) in [5.74, 6) is 0. The quantitative estimate of drug-likeness (QED) is 0.553. The minimum atomic E-state index is 0.830. The zero-order valence-electron chi connectivity index (χ0n) is 10.6. The molecule has 4 rings (SSSR count). The number of hydrogen-bond acceptors (Lipinski definition) is 3. The zero-order chi connectivity index (χ0) is 13.4. The Hall–Kier alpha value is -2.88. The van der Waals surface area contributed by atoms with Gasteiger partial charge in [0.25, 0.3) is 0 Å². The molecule has 2 heterocycles. The Balaban J connectivity index is 1.88. The number of nitrogens with zero attached hydrogens (tertiary/aromatic N) is 3. The number of hydrogen-bond donors (Lipinski definition) is 0. The molecule has 0 spiro atoms. The molecule has 0 aliphatic rings. The van der Waals surface area contributed by atoms with Gasteiger partial charge in [-0.15, -0.1) is 0 Å². The predicted molar refractivity (Wildman–Crippen MR) is 76.6 cm³/mol. The number of imidazole rings is 1. The van der Waals surface area contributed by atoms with Crippen molar-refractivity contribution in [3.63, 3.8) is 0 Å². The first-order valence-electron chi connectivity index (χ1n) is 6.35. The van der Waals surface area contributed by atoms with Gasteiger partial charge in [-0.2, -0.15) is 0 Å². The molecule has 0 bridgehead atoms. The lowest BCUT2D eigenvalue weighted by Crippen LogP contribution is -1.92. The van der Waals surface area contributed by atoms with E-state index >= 15 is 0 Å². The minimum Gasteiger partial charge on any atom is -0.364 e. The van der Waals surface area contributed by atoms with E-state index in [9.17, 15) is 0 Å². The van der Waals surface area contributed by atoms with Crippen LogP contribution in [0.5, 0.6) is 0 Å². The van der Waals surface area contributed by atoms with Crippen molar-refractivity contribution in [3.8, 4) is 16.9 Å². The van der Waals surface area contributed by atoms with Crippen molar-refractivity contribution >= 4 is 11.0 Å². The molecule has 0 unspecified atom stereocenters. The van der Waals surface area contributed by atoms with Crippen LogP contribution in [0.3, 0.4) is 0 Å². The number of para-hydroxylation sites is 2. The van der Waals surface area contributed by atoms with Crippen molar-refractivity contribution in [3.05, 3.63) is 67.2 Å². The third-order valence-corrected chi connectivity index (χ3v) is 3.31. The van der Waals surface area contributed by atoms with Crippen LogP contribution in [0.1, 0.15) is 0 Å². The molecule has 4 aromatic rings. The van der Waals surface area contributed by atoms with E-state index in [4.69, 9.17) is 4.52 Å². The molecule has 0 amide bonds. The molecule has 0 aliphatic heterocycles. The number of aromatic nitrogens is 3. The maximum atomic E-state index is 4.90. The molecule has 0 fully saturated rings. The summed E-state index contributed by atoms with van der Waals surface area (Å²) in [5.41, 5.74) is 4.98. The van der Waals surface area contributed by atoms with Crippen LogP contribution in [-0.4, -0.2) is 14.7 Å². The van der Waals surface area contributed by atoms with E-state index in [0.717, 1.165) is 28.0 Å². The van der Waals surface area contributed by atoms with Gasteiger partial charge in [-0.05, 0) is 24.3 Å². The third kappa shape index (κ3) is 1.70. The fourth-order valence-corrected chi connectivity index (χ4v) is 2.34. The van der Waals surface area contributed by atoms with Gasteiger partial charge in [-0.25, -0.2) is 4.98 Å². The van der Waals surface area contributed by atoms with E-state index in [1.54, 1.807) is 6.26 Å². The Kier molecular flexibility index (Phi) is 2.39. The second-order valence-electron chi connectivity index (χ2n) is 4.54. The van der Waals surface area contributed by atoms with E-state index in [2.05, 4.69) is 32.9 Å². The fraction of sp³-hybridized carbons (Fsp3) is 0. The molecule has 20 heavy (non-hydrogen) atoms. The molecule has 2 aromatic heterocycles. The van der Waals surface area contributed by atoms with Crippen molar-refractivity contribution in [2.24, 2.45) is 0 Å². The molecule has 0 atom stereocenters. The lowest BCUT2D eigenvalue weighted by atomic mass is 10.1. The van der Waals surface area contributed by atoms with Crippen LogP contribution < -0.4 is 0 Å². The number of benzene rings is 2. The van der Waals surface area contributed by atoms with Crippen molar-refractivity contribution in [1.29, 1.82) is 0 Å².